The Balaban J connectivity index is 1.93. The van der Waals surface area contributed by atoms with E-state index in [1.807, 2.05) is 0 Å². The molecule has 0 saturated heterocycles. The lowest BCUT2D eigenvalue weighted by atomic mass is 9.90. The summed E-state index contributed by atoms with van der Waals surface area (Å²) in [6.07, 6.45) is 2.41. The van der Waals surface area contributed by atoms with Crippen molar-refractivity contribution < 1.29 is 0 Å². The van der Waals surface area contributed by atoms with Crippen LogP contribution in [0.5, 0.6) is 0 Å². The van der Waals surface area contributed by atoms with Crippen LogP contribution in [-0.2, 0) is 16.9 Å². The summed E-state index contributed by atoms with van der Waals surface area (Å²) in [5.74, 6) is 1.13. The topological polar surface area (TPSA) is 0 Å². The fourth-order valence-electron chi connectivity index (χ4n) is 3.19. The first-order valence-corrected chi connectivity index (χ1v) is 8.77. The summed E-state index contributed by atoms with van der Waals surface area (Å²) >= 11 is 2.11. The van der Waals surface area contributed by atoms with Crippen molar-refractivity contribution in [3.05, 3.63) is 69.8 Å². The molecule has 0 fully saturated rings. The first-order chi connectivity index (χ1) is 9.98. The molecule has 0 radical (unpaired) electrons. The standard InChI is InChI=1S/C20H24S/c1-14-6-5-7-19(10-14)20(4)9-8-17-11-15(2)16(3)12-18(17)13-21-20/h5-7,10-12H,8-9,13H2,1-4H3. The van der Waals surface area contributed by atoms with E-state index < -0.39 is 0 Å². The van der Waals surface area contributed by atoms with Crippen LogP contribution in [0.25, 0.3) is 0 Å². The fraction of sp³-hybridized carbons (Fsp3) is 0.400. The smallest absolute Gasteiger partial charge is 0.0386 e. The van der Waals surface area contributed by atoms with Gasteiger partial charge in [0, 0.05) is 10.5 Å². The van der Waals surface area contributed by atoms with Gasteiger partial charge in [-0.15, -0.1) is 11.8 Å². The van der Waals surface area contributed by atoms with Gasteiger partial charge in [0.1, 0.15) is 0 Å². The zero-order valence-corrected chi connectivity index (χ0v) is 14.3. The van der Waals surface area contributed by atoms with Gasteiger partial charge in [-0.3, -0.25) is 0 Å². The van der Waals surface area contributed by atoms with Crippen LogP contribution in [0.4, 0.5) is 0 Å². The lowest BCUT2D eigenvalue weighted by Crippen LogP contribution is -2.17. The molecule has 0 aliphatic carbocycles. The number of fused-ring (bicyclic) bond motifs is 1. The highest BCUT2D eigenvalue weighted by Gasteiger charge is 2.30. The van der Waals surface area contributed by atoms with E-state index >= 15 is 0 Å². The van der Waals surface area contributed by atoms with Gasteiger partial charge in [-0.25, -0.2) is 0 Å². The van der Waals surface area contributed by atoms with E-state index in [2.05, 4.69) is 75.9 Å². The second kappa shape index (κ2) is 5.53. The molecule has 110 valence electrons. The van der Waals surface area contributed by atoms with E-state index in [1.54, 1.807) is 11.1 Å². The minimum atomic E-state index is 0.229. The molecule has 1 heterocycles. The quantitative estimate of drug-likeness (QED) is 0.650. The molecule has 1 atom stereocenters. The third kappa shape index (κ3) is 2.89. The molecule has 1 unspecified atom stereocenters. The Kier molecular flexibility index (Phi) is 3.88. The molecule has 0 saturated carbocycles. The van der Waals surface area contributed by atoms with Crippen molar-refractivity contribution in [2.24, 2.45) is 0 Å². The van der Waals surface area contributed by atoms with E-state index in [9.17, 15) is 0 Å². The van der Waals surface area contributed by atoms with Gasteiger partial charge >= 0.3 is 0 Å². The summed E-state index contributed by atoms with van der Waals surface area (Å²) in [4.78, 5) is 0. The number of hydrogen-bond acceptors (Lipinski definition) is 1. The van der Waals surface area contributed by atoms with E-state index in [4.69, 9.17) is 0 Å². The van der Waals surface area contributed by atoms with Crippen LogP contribution < -0.4 is 0 Å². The average molecular weight is 296 g/mol. The van der Waals surface area contributed by atoms with Gasteiger partial charge in [0.05, 0.1) is 0 Å². The first-order valence-electron chi connectivity index (χ1n) is 7.78. The molecule has 21 heavy (non-hydrogen) atoms. The molecule has 3 rings (SSSR count). The zero-order valence-electron chi connectivity index (χ0n) is 13.5. The van der Waals surface area contributed by atoms with Gasteiger partial charge in [-0.2, -0.15) is 0 Å². The molecule has 0 nitrogen and oxygen atoms in total. The molecule has 1 aliphatic heterocycles. The van der Waals surface area contributed by atoms with E-state index in [1.165, 1.54) is 35.1 Å². The number of aryl methyl sites for hydroxylation is 4. The average Bonchev–Trinajstić information content (AvgIpc) is 2.61. The van der Waals surface area contributed by atoms with Gasteiger partial charge in [0.15, 0.2) is 0 Å². The molecular formula is C20H24S. The number of benzene rings is 2. The van der Waals surface area contributed by atoms with Crippen LogP contribution in [0, 0.1) is 20.8 Å². The van der Waals surface area contributed by atoms with Crippen LogP contribution in [0.1, 0.15) is 46.7 Å². The Hall–Kier alpha value is -1.21. The molecule has 2 aromatic carbocycles. The molecule has 0 spiro atoms. The van der Waals surface area contributed by atoms with Crippen LogP contribution >= 0.6 is 11.8 Å². The maximum absolute atomic E-state index is 2.41. The predicted octanol–water partition coefficient (Wildman–Crippen LogP) is 5.71. The van der Waals surface area contributed by atoms with Crippen LogP contribution in [0.15, 0.2) is 36.4 Å². The molecule has 2 aromatic rings. The Labute approximate surface area is 133 Å². The highest BCUT2D eigenvalue weighted by Crippen LogP contribution is 2.45. The van der Waals surface area contributed by atoms with Gasteiger partial charge in [-0.05, 0) is 68.4 Å². The van der Waals surface area contributed by atoms with Crippen molar-refractivity contribution in [2.75, 3.05) is 0 Å². The summed E-state index contributed by atoms with van der Waals surface area (Å²) in [6, 6.07) is 13.9. The minimum Gasteiger partial charge on any atom is -0.146 e. The van der Waals surface area contributed by atoms with Gasteiger partial charge in [0.2, 0.25) is 0 Å². The Bertz CT molecular complexity index is 637. The molecular weight excluding hydrogens is 272 g/mol. The molecule has 0 bridgehead atoms. The predicted molar refractivity (Wildman–Crippen MR) is 94.1 cm³/mol. The van der Waals surface area contributed by atoms with E-state index in [0.29, 0.717) is 0 Å². The summed E-state index contributed by atoms with van der Waals surface area (Å²) in [7, 11) is 0. The third-order valence-corrected chi connectivity index (χ3v) is 6.39. The lowest BCUT2D eigenvalue weighted by Gasteiger charge is -2.28. The second-order valence-corrected chi connectivity index (χ2v) is 8.07. The summed E-state index contributed by atoms with van der Waals surface area (Å²) in [5.41, 5.74) is 8.80. The van der Waals surface area contributed by atoms with E-state index in [-0.39, 0.29) is 4.75 Å². The number of thioether (sulfide) groups is 1. The van der Waals surface area contributed by atoms with Gasteiger partial charge in [-0.1, -0.05) is 42.0 Å². The Morgan fingerprint density at radius 2 is 1.67 bits per heavy atom. The highest BCUT2D eigenvalue weighted by atomic mass is 32.2. The second-order valence-electron chi connectivity index (χ2n) is 6.59. The third-order valence-electron chi connectivity index (χ3n) is 4.86. The van der Waals surface area contributed by atoms with Crippen molar-refractivity contribution in [3.63, 3.8) is 0 Å². The zero-order chi connectivity index (χ0) is 15.0. The summed E-state index contributed by atoms with van der Waals surface area (Å²) < 4.78 is 0.229. The first kappa shape index (κ1) is 14.7. The molecule has 0 aromatic heterocycles. The lowest BCUT2D eigenvalue weighted by molar-refractivity contribution is 0.625. The molecule has 1 aliphatic rings. The van der Waals surface area contributed by atoms with Crippen LogP contribution in [0.2, 0.25) is 0 Å². The number of rotatable bonds is 1. The van der Waals surface area contributed by atoms with Crippen molar-refractivity contribution in [3.8, 4) is 0 Å². The maximum atomic E-state index is 2.41. The normalized spacial score (nSPS) is 21.7. The molecule has 0 amide bonds. The summed E-state index contributed by atoms with van der Waals surface area (Å²) in [5, 5.41) is 0. The summed E-state index contributed by atoms with van der Waals surface area (Å²) in [6.45, 7) is 9.06. The van der Waals surface area contributed by atoms with Crippen LogP contribution in [0.3, 0.4) is 0 Å². The van der Waals surface area contributed by atoms with Crippen molar-refractivity contribution in [1.29, 1.82) is 0 Å². The van der Waals surface area contributed by atoms with Gasteiger partial charge < -0.3 is 0 Å². The van der Waals surface area contributed by atoms with E-state index in [0.717, 1.165) is 5.75 Å². The Morgan fingerprint density at radius 1 is 0.952 bits per heavy atom. The molecule has 1 heteroatoms. The number of hydrogen-bond donors (Lipinski definition) is 0. The highest BCUT2D eigenvalue weighted by molar-refractivity contribution is 7.99. The maximum Gasteiger partial charge on any atom is 0.0386 e. The largest absolute Gasteiger partial charge is 0.146 e. The minimum absolute atomic E-state index is 0.229. The van der Waals surface area contributed by atoms with Crippen LogP contribution in [-0.4, -0.2) is 0 Å². The Morgan fingerprint density at radius 3 is 2.38 bits per heavy atom. The van der Waals surface area contributed by atoms with Crippen molar-refractivity contribution in [2.45, 2.75) is 51.0 Å². The van der Waals surface area contributed by atoms with Crippen molar-refractivity contribution in [1.82, 2.24) is 0 Å². The molecule has 0 N–H and O–H groups in total. The SMILES string of the molecule is Cc1cccc(C2(C)CCc3cc(C)c(C)cc3CS2)c1. The fourth-order valence-corrected chi connectivity index (χ4v) is 4.47. The van der Waals surface area contributed by atoms with Crippen molar-refractivity contribution >= 4 is 11.8 Å². The monoisotopic (exact) mass is 296 g/mol. The van der Waals surface area contributed by atoms with Gasteiger partial charge in [0.25, 0.3) is 0 Å².